The highest BCUT2D eigenvalue weighted by molar-refractivity contribution is 7.80. The molecular weight excluding hydrogens is 276 g/mol. The van der Waals surface area contributed by atoms with E-state index in [2.05, 4.69) is 10.6 Å². The zero-order valence-corrected chi connectivity index (χ0v) is 12.6. The van der Waals surface area contributed by atoms with Crippen molar-refractivity contribution in [3.8, 4) is 5.75 Å². The Hall–Kier alpha value is -1.37. The van der Waals surface area contributed by atoms with Gasteiger partial charge in [-0.1, -0.05) is 0 Å². The van der Waals surface area contributed by atoms with E-state index in [-0.39, 0.29) is 0 Å². The minimum atomic E-state index is -0.786. The lowest BCUT2D eigenvalue weighted by molar-refractivity contribution is -0.159. The number of hydrogen-bond donors (Lipinski definition) is 2. The molecule has 6 heteroatoms. The van der Waals surface area contributed by atoms with Gasteiger partial charge >= 0.3 is 0 Å². The van der Waals surface area contributed by atoms with Crippen LogP contribution in [0, 0.1) is 0 Å². The normalized spacial score (nSPS) is 16.7. The second kappa shape index (κ2) is 6.88. The lowest BCUT2D eigenvalue weighted by atomic mass is 10.1. The van der Waals surface area contributed by atoms with Gasteiger partial charge < -0.3 is 24.8 Å². The summed E-state index contributed by atoms with van der Waals surface area (Å²) in [6.45, 7) is 4.38. The topological polar surface area (TPSA) is 51.8 Å². The van der Waals surface area contributed by atoms with E-state index in [1.165, 1.54) is 0 Å². The van der Waals surface area contributed by atoms with Crippen LogP contribution in [0.15, 0.2) is 24.3 Å². The summed E-state index contributed by atoms with van der Waals surface area (Å²) in [6, 6.07) is 7.68. The molecule has 1 aromatic carbocycles. The highest BCUT2D eigenvalue weighted by Crippen LogP contribution is 2.31. The smallest absolute Gasteiger partial charge is 0.213 e. The molecule has 0 bridgehead atoms. The molecule has 0 atom stereocenters. The van der Waals surface area contributed by atoms with Crippen LogP contribution < -0.4 is 15.4 Å². The first-order chi connectivity index (χ1) is 9.70. The molecule has 5 nitrogen and oxygen atoms in total. The summed E-state index contributed by atoms with van der Waals surface area (Å²) in [5.74, 6) is 0.0178. The standard InChI is InChI=1S/C14H20N2O3S/c1-3-15-13(20)16-10-14(18-8-9-19-14)11-4-6-12(17-2)7-5-11/h4-7H,3,8-10H2,1-2H3,(H2,15,16,20). The van der Waals surface area contributed by atoms with E-state index in [4.69, 9.17) is 26.4 Å². The third-order valence-electron chi connectivity index (χ3n) is 3.10. The lowest BCUT2D eigenvalue weighted by Crippen LogP contribution is -2.45. The second-order valence-corrected chi connectivity index (χ2v) is 4.80. The second-order valence-electron chi connectivity index (χ2n) is 4.39. The number of methoxy groups -OCH3 is 1. The number of benzene rings is 1. The Morgan fingerprint density at radius 1 is 1.25 bits per heavy atom. The van der Waals surface area contributed by atoms with E-state index in [9.17, 15) is 0 Å². The van der Waals surface area contributed by atoms with E-state index in [0.717, 1.165) is 17.9 Å². The van der Waals surface area contributed by atoms with E-state index < -0.39 is 5.79 Å². The summed E-state index contributed by atoms with van der Waals surface area (Å²) in [4.78, 5) is 0. The van der Waals surface area contributed by atoms with Crippen molar-refractivity contribution >= 4 is 17.3 Å². The van der Waals surface area contributed by atoms with Gasteiger partial charge in [0.05, 0.1) is 26.9 Å². The molecule has 0 unspecified atom stereocenters. The molecule has 1 heterocycles. The van der Waals surface area contributed by atoms with Crippen LogP contribution in [0.5, 0.6) is 5.75 Å². The van der Waals surface area contributed by atoms with Crippen molar-refractivity contribution in [2.45, 2.75) is 12.7 Å². The number of ether oxygens (including phenoxy) is 3. The molecule has 0 spiro atoms. The Labute approximate surface area is 124 Å². The monoisotopic (exact) mass is 296 g/mol. The van der Waals surface area contributed by atoms with Crippen LogP contribution in [-0.4, -0.2) is 38.5 Å². The van der Waals surface area contributed by atoms with Crippen LogP contribution in [-0.2, 0) is 15.3 Å². The Morgan fingerprint density at radius 2 is 1.90 bits per heavy atom. The minimum absolute atomic E-state index is 0.463. The molecule has 1 aromatic rings. The van der Waals surface area contributed by atoms with Crippen molar-refractivity contribution in [3.63, 3.8) is 0 Å². The number of hydrogen-bond acceptors (Lipinski definition) is 4. The van der Waals surface area contributed by atoms with Gasteiger partial charge in [0.1, 0.15) is 5.75 Å². The van der Waals surface area contributed by atoms with E-state index in [0.29, 0.717) is 24.9 Å². The zero-order chi connectivity index (χ0) is 14.4. The molecule has 0 saturated carbocycles. The van der Waals surface area contributed by atoms with Crippen molar-refractivity contribution in [2.24, 2.45) is 0 Å². The maximum atomic E-state index is 5.82. The summed E-state index contributed by atoms with van der Waals surface area (Å²) >= 11 is 5.17. The first kappa shape index (κ1) is 15.0. The molecule has 20 heavy (non-hydrogen) atoms. The molecule has 1 fully saturated rings. The van der Waals surface area contributed by atoms with Gasteiger partial charge in [-0.25, -0.2) is 0 Å². The molecule has 0 radical (unpaired) electrons. The maximum Gasteiger partial charge on any atom is 0.213 e. The molecule has 1 aliphatic heterocycles. The summed E-state index contributed by atoms with van der Waals surface area (Å²) in [5.41, 5.74) is 0.947. The molecule has 0 aliphatic carbocycles. The fourth-order valence-corrected chi connectivity index (χ4v) is 2.31. The molecular formula is C14H20N2O3S. The van der Waals surface area contributed by atoms with Crippen molar-refractivity contribution in [1.29, 1.82) is 0 Å². The summed E-state index contributed by atoms with van der Waals surface area (Å²) in [5, 5.41) is 6.77. The van der Waals surface area contributed by atoms with Crippen LogP contribution in [0.3, 0.4) is 0 Å². The van der Waals surface area contributed by atoms with Gasteiger partial charge in [0.15, 0.2) is 5.11 Å². The van der Waals surface area contributed by atoms with Gasteiger partial charge in [-0.05, 0) is 43.4 Å². The molecule has 2 N–H and O–H groups in total. The number of nitrogens with one attached hydrogen (secondary N) is 2. The Bertz CT molecular complexity index is 444. The molecule has 2 rings (SSSR count). The Morgan fingerprint density at radius 3 is 2.45 bits per heavy atom. The predicted octanol–water partition coefficient (Wildman–Crippen LogP) is 1.38. The fourth-order valence-electron chi connectivity index (χ4n) is 2.09. The fraction of sp³-hybridized carbons (Fsp3) is 0.500. The molecule has 0 amide bonds. The third kappa shape index (κ3) is 3.39. The highest BCUT2D eigenvalue weighted by Gasteiger charge is 2.38. The first-order valence-corrected chi connectivity index (χ1v) is 7.05. The average Bonchev–Trinajstić information content (AvgIpc) is 2.96. The molecule has 0 aromatic heterocycles. The lowest BCUT2D eigenvalue weighted by Gasteiger charge is -2.28. The maximum absolute atomic E-state index is 5.82. The summed E-state index contributed by atoms with van der Waals surface area (Å²) in [6.07, 6.45) is 0. The number of thiocarbonyl (C=S) groups is 1. The zero-order valence-electron chi connectivity index (χ0n) is 11.8. The van der Waals surface area contributed by atoms with E-state index in [1.807, 2.05) is 31.2 Å². The first-order valence-electron chi connectivity index (χ1n) is 6.64. The molecule has 1 saturated heterocycles. The van der Waals surface area contributed by atoms with E-state index >= 15 is 0 Å². The van der Waals surface area contributed by atoms with Gasteiger partial charge in [0.25, 0.3) is 0 Å². The largest absolute Gasteiger partial charge is 0.497 e. The van der Waals surface area contributed by atoms with Gasteiger partial charge in [-0.2, -0.15) is 0 Å². The van der Waals surface area contributed by atoms with Crippen LogP contribution in [0.25, 0.3) is 0 Å². The molecule has 110 valence electrons. The van der Waals surface area contributed by atoms with Gasteiger partial charge in [0.2, 0.25) is 5.79 Å². The van der Waals surface area contributed by atoms with Crippen molar-refractivity contribution in [2.75, 3.05) is 33.4 Å². The van der Waals surface area contributed by atoms with Crippen molar-refractivity contribution in [3.05, 3.63) is 29.8 Å². The van der Waals surface area contributed by atoms with Gasteiger partial charge in [-0.3, -0.25) is 0 Å². The average molecular weight is 296 g/mol. The highest BCUT2D eigenvalue weighted by atomic mass is 32.1. The molecule has 1 aliphatic rings. The van der Waals surface area contributed by atoms with Crippen molar-refractivity contribution < 1.29 is 14.2 Å². The third-order valence-corrected chi connectivity index (χ3v) is 3.39. The summed E-state index contributed by atoms with van der Waals surface area (Å²) < 4.78 is 16.8. The van der Waals surface area contributed by atoms with Crippen LogP contribution in [0.4, 0.5) is 0 Å². The summed E-state index contributed by atoms with van der Waals surface area (Å²) in [7, 11) is 1.64. The van der Waals surface area contributed by atoms with Crippen LogP contribution >= 0.6 is 12.2 Å². The van der Waals surface area contributed by atoms with Gasteiger partial charge in [-0.15, -0.1) is 0 Å². The minimum Gasteiger partial charge on any atom is -0.497 e. The van der Waals surface area contributed by atoms with Crippen LogP contribution in [0.2, 0.25) is 0 Å². The number of rotatable bonds is 5. The Balaban J connectivity index is 2.10. The Kier molecular flexibility index (Phi) is 5.17. The quantitative estimate of drug-likeness (QED) is 0.801. The van der Waals surface area contributed by atoms with Gasteiger partial charge in [0, 0.05) is 12.1 Å². The van der Waals surface area contributed by atoms with Crippen LogP contribution in [0.1, 0.15) is 12.5 Å². The van der Waals surface area contributed by atoms with E-state index in [1.54, 1.807) is 7.11 Å². The SMILES string of the molecule is CCNC(=S)NCC1(c2ccc(OC)cc2)OCCO1. The predicted molar refractivity (Wildman–Crippen MR) is 80.9 cm³/mol. The van der Waals surface area contributed by atoms with Crippen molar-refractivity contribution in [1.82, 2.24) is 10.6 Å².